The van der Waals surface area contributed by atoms with E-state index >= 15 is 8.78 Å². The molecule has 0 radical (unpaired) electrons. The second kappa shape index (κ2) is 14.6. The first-order valence-corrected chi connectivity index (χ1v) is 16.3. The van der Waals surface area contributed by atoms with Crippen LogP contribution in [0.15, 0.2) is 67.3 Å². The molecule has 0 nitrogen and oxygen atoms in total. The molecule has 3 aromatic rings. The van der Waals surface area contributed by atoms with E-state index in [1.807, 2.05) is 6.08 Å². The zero-order chi connectivity index (χ0) is 30.3. The fraction of sp³-hybridized carbons (Fsp3) is 0.436. The molecular weight excluding hydrogens is 544 g/mol. The van der Waals surface area contributed by atoms with Crippen molar-refractivity contribution >= 4 is 5.57 Å². The summed E-state index contributed by atoms with van der Waals surface area (Å²) < 4.78 is 60.4. The fourth-order valence-corrected chi connectivity index (χ4v) is 7.25. The Labute approximate surface area is 254 Å². The molecule has 0 saturated heterocycles. The molecule has 0 amide bonds. The number of benzene rings is 3. The number of hydrogen-bond donors (Lipinski definition) is 0. The molecule has 0 N–H and O–H groups in total. The van der Waals surface area contributed by atoms with Crippen molar-refractivity contribution in [2.45, 2.75) is 90.4 Å². The van der Waals surface area contributed by atoms with Crippen molar-refractivity contribution in [2.24, 2.45) is 17.8 Å². The van der Waals surface area contributed by atoms with E-state index in [9.17, 15) is 8.78 Å². The molecule has 0 spiro atoms. The van der Waals surface area contributed by atoms with Gasteiger partial charge in [-0.15, -0.1) is 6.58 Å². The zero-order valence-corrected chi connectivity index (χ0v) is 25.4. The van der Waals surface area contributed by atoms with Crippen LogP contribution in [-0.4, -0.2) is 0 Å². The number of rotatable bonds is 11. The summed E-state index contributed by atoms with van der Waals surface area (Å²) in [6.07, 6.45) is 17.7. The summed E-state index contributed by atoms with van der Waals surface area (Å²) in [7, 11) is 0. The highest BCUT2D eigenvalue weighted by molar-refractivity contribution is 5.74. The maximum absolute atomic E-state index is 15.4. The molecule has 5 rings (SSSR count). The summed E-state index contributed by atoms with van der Waals surface area (Å²) in [6.45, 7) is 5.92. The monoisotopic (exact) mass is 588 g/mol. The van der Waals surface area contributed by atoms with E-state index in [0.717, 1.165) is 62.4 Å². The quantitative estimate of drug-likeness (QED) is 0.119. The predicted molar refractivity (Wildman–Crippen MR) is 171 cm³/mol. The van der Waals surface area contributed by atoms with Gasteiger partial charge in [-0.05, 0) is 97.8 Å². The molecule has 0 aromatic heterocycles. The Balaban J connectivity index is 1.25. The van der Waals surface area contributed by atoms with Crippen LogP contribution in [0, 0.1) is 41.0 Å². The smallest absolute Gasteiger partial charge is 0.167 e. The Bertz CT molecular complexity index is 1430. The first kappa shape index (κ1) is 31.3. The molecular formula is C39H44F4. The van der Waals surface area contributed by atoms with Gasteiger partial charge < -0.3 is 0 Å². The number of aryl methyl sites for hydroxylation is 1. The lowest BCUT2D eigenvalue weighted by molar-refractivity contribution is 0.190. The fourth-order valence-electron chi connectivity index (χ4n) is 7.25. The third-order valence-corrected chi connectivity index (χ3v) is 9.94. The van der Waals surface area contributed by atoms with Crippen molar-refractivity contribution in [3.63, 3.8) is 0 Å². The van der Waals surface area contributed by atoms with Crippen LogP contribution in [0.4, 0.5) is 17.6 Å². The van der Waals surface area contributed by atoms with Crippen molar-refractivity contribution in [2.75, 3.05) is 0 Å². The Morgan fingerprint density at radius 2 is 1.30 bits per heavy atom. The summed E-state index contributed by atoms with van der Waals surface area (Å²) in [5.74, 6) is -1.19. The van der Waals surface area contributed by atoms with Crippen LogP contribution >= 0.6 is 0 Å². The van der Waals surface area contributed by atoms with Gasteiger partial charge in [0.1, 0.15) is 0 Å². The van der Waals surface area contributed by atoms with Crippen LogP contribution in [0.25, 0.3) is 27.8 Å². The van der Waals surface area contributed by atoms with E-state index in [0.29, 0.717) is 34.6 Å². The largest absolute Gasteiger partial charge is 0.203 e. The normalized spacial score (nSPS) is 20.6. The van der Waals surface area contributed by atoms with E-state index in [4.69, 9.17) is 0 Å². The van der Waals surface area contributed by atoms with Crippen LogP contribution in [0.3, 0.4) is 0 Å². The summed E-state index contributed by atoms with van der Waals surface area (Å²) >= 11 is 0. The average molecular weight is 589 g/mol. The minimum absolute atomic E-state index is 0.160. The molecule has 1 saturated carbocycles. The van der Waals surface area contributed by atoms with Crippen molar-refractivity contribution in [3.05, 3.63) is 102 Å². The maximum Gasteiger partial charge on any atom is 0.167 e. The lowest BCUT2D eigenvalue weighted by Crippen LogP contribution is -2.23. The molecule has 0 aliphatic heterocycles. The molecule has 0 heterocycles. The van der Waals surface area contributed by atoms with Crippen molar-refractivity contribution in [1.82, 2.24) is 0 Å². The highest BCUT2D eigenvalue weighted by atomic mass is 19.2. The first-order chi connectivity index (χ1) is 20.9. The van der Waals surface area contributed by atoms with Gasteiger partial charge in [0, 0.05) is 16.7 Å². The molecule has 4 heteroatoms. The van der Waals surface area contributed by atoms with Crippen LogP contribution in [0.2, 0.25) is 0 Å². The predicted octanol–water partition coefficient (Wildman–Crippen LogP) is 12.3. The standard InChI is InChI=1S/C39H44F4/c1-3-5-7-9-32-22-23-33(37(41)36(32)40)30-18-20-31(21-19-30)35-25-24-34(38(42)39(35)43)29-16-14-28(15-17-29)27-12-10-26(11-13-27)8-6-4-2/h4,16,18-28H,2-3,5-15,17H2,1H3. The third kappa shape index (κ3) is 7.16. The number of unbranched alkanes of at least 4 members (excludes halogenated alkanes) is 2. The van der Waals surface area contributed by atoms with Gasteiger partial charge in [-0.2, -0.15) is 0 Å². The van der Waals surface area contributed by atoms with E-state index in [2.05, 4.69) is 19.6 Å². The van der Waals surface area contributed by atoms with Crippen LogP contribution in [-0.2, 0) is 6.42 Å². The highest BCUT2D eigenvalue weighted by Crippen LogP contribution is 2.43. The number of allylic oxidation sites excluding steroid dienone is 3. The van der Waals surface area contributed by atoms with Crippen molar-refractivity contribution < 1.29 is 17.6 Å². The van der Waals surface area contributed by atoms with Gasteiger partial charge in [0.15, 0.2) is 23.3 Å². The topological polar surface area (TPSA) is 0 Å². The lowest BCUT2D eigenvalue weighted by Gasteiger charge is -2.35. The Hall–Kier alpha value is -3.14. The van der Waals surface area contributed by atoms with Crippen molar-refractivity contribution in [3.8, 4) is 22.3 Å². The van der Waals surface area contributed by atoms with Gasteiger partial charge in [0.25, 0.3) is 0 Å². The number of halogens is 4. The van der Waals surface area contributed by atoms with Gasteiger partial charge in [0.2, 0.25) is 0 Å². The van der Waals surface area contributed by atoms with Gasteiger partial charge in [0.05, 0.1) is 0 Å². The van der Waals surface area contributed by atoms with Gasteiger partial charge in [-0.25, -0.2) is 17.6 Å². The van der Waals surface area contributed by atoms with E-state index < -0.39 is 23.3 Å². The lowest BCUT2D eigenvalue weighted by atomic mass is 9.70. The third-order valence-electron chi connectivity index (χ3n) is 9.94. The Morgan fingerprint density at radius 3 is 1.91 bits per heavy atom. The Morgan fingerprint density at radius 1 is 0.698 bits per heavy atom. The average Bonchev–Trinajstić information content (AvgIpc) is 3.04. The molecule has 1 fully saturated rings. The van der Waals surface area contributed by atoms with Gasteiger partial charge in [-0.1, -0.05) is 93.3 Å². The minimum Gasteiger partial charge on any atom is -0.203 e. The Kier molecular flexibility index (Phi) is 10.6. The molecule has 2 aliphatic carbocycles. The van der Waals surface area contributed by atoms with E-state index in [1.54, 1.807) is 48.5 Å². The molecule has 2 aliphatic rings. The van der Waals surface area contributed by atoms with Gasteiger partial charge in [-0.3, -0.25) is 0 Å². The molecule has 3 aromatic carbocycles. The number of hydrogen-bond acceptors (Lipinski definition) is 0. The van der Waals surface area contributed by atoms with E-state index in [1.165, 1.54) is 32.1 Å². The summed E-state index contributed by atoms with van der Waals surface area (Å²) in [4.78, 5) is 0. The zero-order valence-electron chi connectivity index (χ0n) is 25.4. The molecule has 0 bridgehead atoms. The van der Waals surface area contributed by atoms with E-state index in [-0.39, 0.29) is 11.1 Å². The first-order valence-electron chi connectivity index (χ1n) is 16.3. The second-order valence-electron chi connectivity index (χ2n) is 12.6. The maximum atomic E-state index is 15.4. The molecule has 1 unspecified atom stereocenters. The second-order valence-corrected chi connectivity index (χ2v) is 12.6. The van der Waals surface area contributed by atoms with Gasteiger partial charge >= 0.3 is 0 Å². The van der Waals surface area contributed by atoms with Crippen LogP contribution < -0.4 is 0 Å². The minimum atomic E-state index is -0.875. The van der Waals surface area contributed by atoms with Crippen LogP contribution in [0.5, 0.6) is 0 Å². The molecule has 228 valence electrons. The summed E-state index contributed by atoms with van der Waals surface area (Å²) in [5, 5.41) is 0. The summed E-state index contributed by atoms with van der Waals surface area (Å²) in [6, 6.07) is 13.1. The SMILES string of the molecule is C=CCCC1CCC(C2CC=C(c3ccc(-c4ccc(-c5ccc(CCCCC)c(F)c5F)cc4)c(F)c3F)CC2)CC1. The molecule has 1 atom stereocenters. The highest BCUT2D eigenvalue weighted by Gasteiger charge is 2.29. The molecule has 43 heavy (non-hydrogen) atoms. The summed E-state index contributed by atoms with van der Waals surface area (Å²) in [5.41, 5.74) is 2.93. The van der Waals surface area contributed by atoms with Crippen molar-refractivity contribution in [1.29, 1.82) is 0 Å². The van der Waals surface area contributed by atoms with Crippen LogP contribution in [0.1, 0.15) is 95.1 Å².